The van der Waals surface area contributed by atoms with Crippen LogP contribution < -0.4 is 9.80 Å². The van der Waals surface area contributed by atoms with Crippen molar-refractivity contribution in [2.24, 2.45) is 0 Å². The lowest BCUT2D eigenvalue weighted by molar-refractivity contribution is 0.307. The highest BCUT2D eigenvalue weighted by Gasteiger charge is 2.32. The average Bonchev–Trinajstić information content (AvgIpc) is 2.60. The maximum absolute atomic E-state index is 12.4. The van der Waals surface area contributed by atoms with Crippen molar-refractivity contribution in [2.45, 2.75) is 40.0 Å². The zero-order valence-electron chi connectivity index (χ0n) is 14.8. The van der Waals surface area contributed by atoms with Crippen LogP contribution in [-0.2, 0) is 27.2 Å². The molecule has 1 aliphatic heterocycles. The van der Waals surface area contributed by atoms with E-state index in [1.807, 2.05) is 57.2 Å². The molecule has 5 nitrogen and oxygen atoms in total. The Morgan fingerprint density at radius 2 is 1.68 bits per heavy atom. The summed E-state index contributed by atoms with van der Waals surface area (Å²) >= 11 is 0. The highest BCUT2D eigenvalue weighted by molar-refractivity contribution is 7.86. The molecule has 0 bridgehead atoms. The fraction of sp³-hybridized carbons (Fsp3) is 0.368. The SMILES string of the molecule is CCCS(=O)(=O)ON1c2cccc(CC)c2Oc2cccc(CC)c21. The number of ether oxygens (including phenoxy) is 1. The van der Waals surface area contributed by atoms with Crippen molar-refractivity contribution < 1.29 is 17.4 Å². The summed E-state index contributed by atoms with van der Waals surface area (Å²) in [6.45, 7) is 5.87. The van der Waals surface area contributed by atoms with Crippen molar-refractivity contribution >= 4 is 21.5 Å². The van der Waals surface area contributed by atoms with E-state index in [2.05, 4.69) is 0 Å². The van der Waals surface area contributed by atoms with E-state index in [1.165, 1.54) is 5.06 Å². The van der Waals surface area contributed by atoms with Gasteiger partial charge >= 0.3 is 0 Å². The van der Waals surface area contributed by atoms with Gasteiger partial charge in [-0.15, -0.1) is 4.28 Å². The molecule has 2 aromatic rings. The molecule has 0 fully saturated rings. The Hall–Kier alpha value is -2.05. The zero-order chi connectivity index (χ0) is 18.0. The molecule has 2 aromatic carbocycles. The summed E-state index contributed by atoms with van der Waals surface area (Å²) in [5.74, 6) is 1.23. The van der Waals surface area contributed by atoms with Gasteiger partial charge in [0.15, 0.2) is 11.5 Å². The Morgan fingerprint density at radius 3 is 2.36 bits per heavy atom. The van der Waals surface area contributed by atoms with Crippen LogP contribution in [0.5, 0.6) is 11.5 Å². The lowest BCUT2D eigenvalue weighted by atomic mass is 10.0. The van der Waals surface area contributed by atoms with Gasteiger partial charge in [0.25, 0.3) is 10.1 Å². The molecule has 134 valence electrons. The minimum atomic E-state index is -3.69. The number of hydrogen-bond acceptors (Lipinski definition) is 5. The van der Waals surface area contributed by atoms with Crippen LogP contribution in [0.3, 0.4) is 0 Å². The minimum absolute atomic E-state index is 0.0310. The van der Waals surface area contributed by atoms with Crippen LogP contribution in [-0.4, -0.2) is 14.2 Å². The zero-order valence-corrected chi connectivity index (χ0v) is 15.6. The van der Waals surface area contributed by atoms with E-state index in [-0.39, 0.29) is 5.75 Å². The summed E-state index contributed by atoms with van der Waals surface area (Å²) in [5, 5.41) is 1.43. The summed E-state index contributed by atoms with van der Waals surface area (Å²) in [5.41, 5.74) is 3.25. The Kier molecular flexibility index (Phi) is 5.01. The van der Waals surface area contributed by atoms with Gasteiger partial charge in [-0.05, 0) is 42.5 Å². The molecule has 25 heavy (non-hydrogen) atoms. The molecule has 1 heterocycles. The predicted octanol–water partition coefficient (Wildman–Crippen LogP) is 4.73. The maximum Gasteiger partial charge on any atom is 0.288 e. The fourth-order valence-electron chi connectivity index (χ4n) is 3.00. The second-order valence-electron chi connectivity index (χ2n) is 5.97. The van der Waals surface area contributed by atoms with Crippen LogP contribution >= 0.6 is 0 Å². The third kappa shape index (κ3) is 3.37. The molecule has 3 rings (SSSR count). The summed E-state index contributed by atoms with van der Waals surface area (Å²) in [4.78, 5) is 0. The highest BCUT2D eigenvalue weighted by atomic mass is 32.2. The van der Waals surface area contributed by atoms with Gasteiger partial charge in [0.2, 0.25) is 0 Å². The first-order chi connectivity index (χ1) is 12.0. The summed E-state index contributed by atoms with van der Waals surface area (Å²) in [6, 6.07) is 11.4. The van der Waals surface area contributed by atoms with Crippen molar-refractivity contribution in [3.63, 3.8) is 0 Å². The van der Waals surface area contributed by atoms with Crippen molar-refractivity contribution in [1.29, 1.82) is 0 Å². The van der Waals surface area contributed by atoms with Crippen LogP contribution in [0.4, 0.5) is 11.4 Å². The van der Waals surface area contributed by atoms with E-state index in [0.717, 1.165) is 24.0 Å². The van der Waals surface area contributed by atoms with E-state index in [0.29, 0.717) is 29.3 Å². The molecule has 0 spiro atoms. The van der Waals surface area contributed by atoms with Gasteiger partial charge < -0.3 is 4.74 Å². The Morgan fingerprint density at radius 1 is 1.00 bits per heavy atom. The number of rotatable bonds is 6. The van der Waals surface area contributed by atoms with Crippen LogP contribution in [0.1, 0.15) is 38.3 Å². The molecule has 0 aliphatic carbocycles. The number of anilines is 2. The lowest BCUT2D eigenvalue weighted by Crippen LogP contribution is -2.28. The summed E-state index contributed by atoms with van der Waals surface area (Å²) in [6.07, 6.45) is 2.02. The first-order valence-electron chi connectivity index (χ1n) is 8.64. The first kappa shape index (κ1) is 17.8. The molecule has 0 unspecified atom stereocenters. The van der Waals surface area contributed by atoms with Gasteiger partial charge in [-0.25, -0.2) is 0 Å². The van der Waals surface area contributed by atoms with Crippen molar-refractivity contribution in [3.05, 3.63) is 47.5 Å². The topological polar surface area (TPSA) is 55.8 Å². The molecule has 0 saturated heterocycles. The number of hydrogen-bond donors (Lipinski definition) is 0. The molecule has 1 aliphatic rings. The van der Waals surface area contributed by atoms with Gasteiger partial charge in [0.05, 0.1) is 5.75 Å². The van der Waals surface area contributed by atoms with Crippen LogP contribution in [0, 0.1) is 0 Å². The van der Waals surface area contributed by atoms with Gasteiger partial charge in [0, 0.05) is 0 Å². The summed E-state index contributed by atoms with van der Waals surface area (Å²) < 4.78 is 36.4. The first-order valence-corrected chi connectivity index (χ1v) is 10.2. The number of aryl methyl sites for hydroxylation is 2. The molecule has 0 saturated carbocycles. The van der Waals surface area contributed by atoms with E-state index in [4.69, 9.17) is 9.02 Å². The second kappa shape index (κ2) is 7.06. The molecule has 6 heteroatoms. The number of fused-ring (bicyclic) bond motifs is 2. The molecular formula is C19H23NO4S. The Balaban J connectivity index is 2.19. The van der Waals surface area contributed by atoms with E-state index < -0.39 is 10.1 Å². The highest BCUT2D eigenvalue weighted by Crippen LogP contribution is 2.50. The molecule has 0 N–H and O–H groups in total. The largest absolute Gasteiger partial charge is 0.452 e. The van der Waals surface area contributed by atoms with Gasteiger partial charge in [-0.2, -0.15) is 13.5 Å². The molecule has 0 amide bonds. The third-order valence-electron chi connectivity index (χ3n) is 4.20. The number of benzene rings is 2. The van der Waals surface area contributed by atoms with Gasteiger partial charge in [-0.3, -0.25) is 0 Å². The quantitative estimate of drug-likeness (QED) is 0.745. The van der Waals surface area contributed by atoms with E-state index >= 15 is 0 Å². The third-order valence-corrected chi connectivity index (χ3v) is 5.48. The van der Waals surface area contributed by atoms with Crippen molar-refractivity contribution in [3.8, 4) is 11.5 Å². The Bertz CT molecular complexity index is 877. The number of para-hydroxylation sites is 2. The van der Waals surface area contributed by atoms with Crippen molar-refractivity contribution in [1.82, 2.24) is 0 Å². The predicted molar refractivity (Wildman–Crippen MR) is 99.0 cm³/mol. The number of nitrogens with zero attached hydrogens (tertiary/aromatic N) is 1. The normalized spacial score (nSPS) is 13.2. The van der Waals surface area contributed by atoms with E-state index in [1.54, 1.807) is 0 Å². The smallest absolute Gasteiger partial charge is 0.288 e. The second-order valence-corrected chi connectivity index (χ2v) is 7.64. The van der Waals surface area contributed by atoms with Gasteiger partial charge in [0.1, 0.15) is 11.4 Å². The lowest BCUT2D eigenvalue weighted by Gasteiger charge is -2.33. The summed E-state index contributed by atoms with van der Waals surface area (Å²) in [7, 11) is -3.69. The van der Waals surface area contributed by atoms with Crippen LogP contribution in [0.25, 0.3) is 0 Å². The van der Waals surface area contributed by atoms with Crippen LogP contribution in [0.2, 0.25) is 0 Å². The monoisotopic (exact) mass is 361 g/mol. The molecule has 0 atom stereocenters. The van der Waals surface area contributed by atoms with Crippen LogP contribution in [0.15, 0.2) is 36.4 Å². The standard InChI is InChI=1S/C19H23NO4S/c1-4-13-25(21,22)24-20-16-11-7-10-15(6-3)19(16)23-17-12-8-9-14(5-2)18(17)20/h7-12H,4-6,13H2,1-3H3. The van der Waals surface area contributed by atoms with E-state index in [9.17, 15) is 8.42 Å². The van der Waals surface area contributed by atoms with Gasteiger partial charge in [-0.1, -0.05) is 45.0 Å². The molecule has 0 aromatic heterocycles. The molecular weight excluding hydrogens is 338 g/mol. The maximum atomic E-state index is 12.4. The molecule has 0 radical (unpaired) electrons. The van der Waals surface area contributed by atoms with Crippen molar-refractivity contribution in [2.75, 3.05) is 10.8 Å². The Labute approximate surface area is 149 Å². The minimum Gasteiger partial charge on any atom is -0.452 e. The average molecular weight is 361 g/mol. The fourth-order valence-corrected chi connectivity index (χ4v) is 3.96.